The van der Waals surface area contributed by atoms with E-state index < -0.39 is 8.32 Å². The lowest BCUT2D eigenvalue weighted by Crippen LogP contribution is -2.40. The molecule has 1 saturated carbocycles. The Morgan fingerprint density at radius 1 is 1.19 bits per heavy atom. The van der Waals surface area contributed by atoms with Crippen molar-refractivity contribution in [3.05, 3.63) is 0 Å². The molecule has 0 radical (unpaired) electrons. The van der Waals surface area contributed by atoms with Crippen LogP contribution >= 0.6 is 0 Å². The molecule has 124 valence electrons. The van der Waals surface area contributed by atoms with Gasteiger partial charge in [-0.1, -0.05) is 27.2 Å². The average Bonchev–Trinajstić information content (AvgIpc) is 2.24. The minimum absolute atomic E-state index is 0.0583. The van der Waals surface area contributed by atoms with Crippen molar-refractivity contribution in [1.29, 1.82) is 0 Å². The Morgan fingerprint density at radius 3 is 2.33 bits per heavy atom. The summed E-state index contributed by atoms with van der Waals surface area (Å²) < 4.78 is 11.8. The molecule has 1 aliphatic carbocycles. The topological polar surface area (TPSA) is 35.5 Å². The fourth-order valence-electron chi connectivity index (χ4n) is 3.49. The third kappa shape index (κ3) is 6.51. The zero-order chi connectivity index (χ0) is 16.2. The predicted molar refractivity (Wildman–Crippen MR) is 89.7 cm³/mol. The molecule has 4 heteroatoms. The van der Waals surface area contributed by atoms with E-state index in [2.05, 4.69) is 33.9 Å². The Morgan fingerprint density at radius 2 is 1.81 bits per heavy atom. The molecule has 3 nitrogen and oxygen atoms in total. The van der Waals surface area contributed by atoms with Gasteiger partial charge in [-0.15, -0.1) is 0 Å². The molecule has 0 aromatic heterocycles. The molecule has 0 aromatic carbocycles. The SMILES string of the molecule is CC(C)O[Si](C)(C)CC(=O)O[C@@H]1C[C@H](C)CC[C@H]1C(C)C. The van der Waals surface area contributed by atoms with E-state index in [0.717, 1.165) is 6.42 Å². The summed E-state index contributed by atoms with van der Waals surface area (Å²) in [6, 6.07) is 0.459. The molecule has 0 amide bonds. The zero-order valence-corrected chi connectivity index (χ0v) is 15.9. The fourth-order valence-corrected chi connectivity index (χ4v) is 5.63. The summed E-state index contributed by atoms with van der Waals surface area (Å²) in [7, 11) is -1.95. The predicted octanol–water partition coefficient (Wildman–Crippen LogP) is 4.62. The molecule has 1 aliphatic rings. The second-order valence-corrected chi connectivity index (χ2v) is 12.1. The zero-order valence-electron chi connectivity index (χ0n) is 14.9. The minimum Gasteiger partial charge on any atom is -0.462 e. The maximum Gasteiger partial charge on any atom is 0.305 e. The number of carbonyl (C=O) groups is 1. The Balaban J connectivity index is 2.58. The van der Waals surface area contributed by atoms with E-state index in [9.17, 15) is 4.79 Å². The van der Waals surface area contributed by atoms with E-state index in [1.807, 2.05) is 13.8 Å². The standard InChI is InChI=1S/C17H34O3Si/c1-12(2)15-9-8-14(5)10-16(15)19-17(18)11-21(6,7)20-13(3)4/h12-16H,8-11H2,1-7H3/t14-,15+,16-/m1/s1. The van der Waals surface area contributed by atoms with Crippen LogP contribution in [0.1, 0.15) is 53.9 Å². The highest BCUT2D eigenvalue weighted by Gasteiger charge is 2.35. The van der Waals surface area contributed by atoms with Crippen LogP contribution < -0.4 is 0 Å². The van der Waals surface area contributed by atoms with Gasteiger partial charge < -0.3 is 9.16 Å². The van der Waals surface area contributed by atoms with Crippen LogP contribution in [0.3, 0.4) is 0 Å². The number of ether oxygens (including phenoxy) is 1. The van der Waals surface area contributed by atoms with Gasteiger partial charge in [-0.05, 0) is 57.5 Å². The van der Waals surface area contributed by atoms with E-state index in [4.69, 9.17) is 9.16 Å². The largest absolute Gasteiger partial charge is 0.462 e. The van der Waals surface area contributed by atoms with Crippen LogP contribution in [0.5, 0.6) is 0 Å². The Bertz CT molecular complexity index is 339. The van der Waals surface area contributed by atoms with E-state index in [1.54, 1.807) is 0 Å². The summed E-state index contributed by atoms with van der Waals surface area (Å²) in [6.45, 7) is 15.0. The van der Waals surface area contributed by atoms with Gasteiger partial charge >= 0.3 is 5.97 Å². The molecule has 1 fully saturated rings. The van der Waals surface area contributed by atoms with Crippen molar-refractivity contribution in [2.75, 3.05) is 0 Å². The lowest BCUT2D eigenvalue weighted by molar-refractivity contribution is -0.153. The van der Waals surface area contributed by atoms with Gasteiger partial charge in [-0.2, -0.15) is 0 Å². The van der Waals surface area contributed by atoms with Gasteiger partial charge in [-0.3, -0.25) is 4.79 Å². The van der Waals surface area contributed by atoms with E-state index in [-0.39, 0.29) is 18.2 Å². The molecular formula is C17H34O3Si. The molecule has 0 N–H and O–H groups in total. The molecular weight excluding hydrogens is 280 g/mol. The molecule has 3 atom stereocenters. The molecule has 0 bridgehead atoms. The maximum atomic E-state index is 12.3. The van der Waals surface area contributed by atoms with Crippen molar-refractivity contribution in [1.82, 2.24) is 0 Å². The summed E-state index contributed by atoms with van der Waals surface area (Å²) in [4.78, 5) is 12.3. The summed E-state index contributed by atoms with van der Waals surface area (Å²) in [5, 5.41) is 0. The summed E-state index contributed by atoms with van der Waals surface area (Å²) in [5.41, 5.74) is 0. The van der Waals surface area contributed by atoms with Crippen LogP contribution in [0.15, 0.2) is 0 Å². The first-order valence-corrected chi connectivity index (χ1v) is 11.6. The van der Waals surface area contributed by atoms with Crippen molar-refractivity contribution < 1.29 is 14.0 Å². The summed E-state index contributed by atoms with van der Waals surface area (Å²) in [5.74, 6) is 1.69. The maximum absolute atomic E-state index is 12.3. The highest BCUT2D eigenvalue weighted by molar-refractivity contribution is 6.73. The van der Waals surface area contributed by atoms with Gasteiger partial charge in [0.05, 0.1) is 6.04 Å². The highest BCUT2D eigenvalue weighted by Crippen LogP contribution is 2.35. The van der Waals surface area contributed by atoms with Gasteiger partial charge in [-0.25, -0.2) is 0 Å². The smallest absolute Gasteiger partial charge is 0.305 e. The normalized spacial score (nSPS) is 27.2. The monoisotopic (exact) mass is 314 g/mol. The third-order valence-electron chi connectivity index (χ3n) is 4.37. The van der Waals surface area contributed by atoms with E-state index >= 15 is 0 Å². The molecule has 1 rings (SSSR count). The quantitative estimate of drug-likeness (QED) is 0.530. The number of hydrogen-bond donors (Lipinski definition) is 0. The van der Waals surface area contributed by atoms with Crippen molar-refractivity contribution in [3.8, 4) is 0 Å². The van der Waals surface area contributed by atoms with Crippen LogP contribution in [-0.4, -0.2) is 26.5 Å². The molecule has 0 saturated heterocycles. The van der Waals surface area contributed by atoms with Gasteiger partial charge in [0.25, 0.3) is 0 Å². The van der Waals surface area contributed by atoms with Crippen LogP contribution in [0.25, 0.3) is 0 Å². The van der Waals surface area contributed by atoms with Crippen molar-refractivity contribution in [2.45, 2.75) is 85.2 Å². The van der Waals surface area contributed by atoms with Crippen LogP contribution in [0.4, 0.5) is 0 Å². The van der Waals surface area contributed by atoms with Gasteiger partial charge in [0.15, 0.2) is 8.32 Å². The van der Waals surface area contributed by atoms with E-state index in [0.29, 0.717) is 23.8 Å². The Kier molecular flexibility index (Phi) is 6.92. The number of esters is 1. The molecule has 21 heavy (non-hydrogen) atoms. The Hall–Kier alpha value is -0.353. The number of rotatable bonds is 6. The summed E-state index contributed by atoms with van der Waals surface area (Å²) in [6.07, 6.45) is 3.73. The number of carbonyl (C=O) groups excluding carboxylic acids is 1. The van der Waals surface area contributed by atoms with Gasteiger partial charge in [0.2, 0.25) is 0 Å². The molecule has 0 aromatic rings. The first-order chi connectivity index (χ1) is 9.60. The average molecular weight is 315 g/mol. The fraction of sp³-hybridized carbons (Fsp3) is 0.941. The molecule has 0 spiro atoms. The summed E-state index contributed by atoms with van der Waals surface area (Å²) >= 11 is 0. The number of hydrogen-bond acceptors (Lipinski definition) is 3. The van der Waals surface area contributed by atoms with Gasteiger partial charge in [0, 0.05) is 6.10 Å². The van der Waals surface area contributed by atoms with Gasteiger partial charge in [0.1, 0.15) is 6.10 Å². The van der Waals surface area contributed by atoms with Crippen LogP contribution in [-0.2, 0) is 14.0 Å². The van der Waals surface area contributed by atoms with E-state index in [1.165, 1.54) is 12.8 Å². The van der Waals surface area contributed by atoms with Crippen LogP contribution in [0.2, 0.25) is 19.1 Å². The van der Waals surface area contributed by atoms with Crippen molar-refractivity contribution >= 4 is 14.3 Å². The minimum atomic E-state index is -1.95. The molecule has 0 unspecified atom stereocenters. The van der Waals surface area contributed by atoms with Crippen molar-refractivity contribution in [2.24, 2.45) is 17.8 Å². The second kappa shape index (κ2) is 7.77. The lowest BCUT2D eigenvalue weighted by atomic mass is 9.75. The molecule has 0 aliphatic heterocycles. The highest BCUT2D eigenvalue weighted by atomic mass is 28.4. The second-order valence-electron chi connectivity index (χ2n) is 7.96. The lowest BCUT2D eigenvalue weighted by Gasteiger charge is -2.37. The third-order valence-corrected chi connectivity index (χ3v) is 6.62. The first kappa shape index (κ1) is 18.7. The molecule has 0 heterocycles. The Labute approximate surface area is 131 Å². The van der Waals surface area contributed by atoms with Crippen LogP contribution in [0, 0.1) is 17.8 Å². The van der Waals surface area contributed by atoms with Crippen molar-refractivity contribution in [3.63, 3.8) is 0 Å². The first-order valence-electron chi connectivity index (χ1n) is 8.48.